The Morgan fingerprint density at radius 1 is 1.39 bits per heavy atom. The summed E-state index contributed by atoms with van der Waals surface area (Å²) in [6.45, 7) is 7.18. The first-order chi connectivity index (χ1) is 10.7. The van der Waals surface area contributed by atoms with Crippen LogP contribution in [-0.2, 0) is 0 Å². The number of amides is 1. The average molecular weight is 343 g/mol. The number of hydrogen-bond donors (Lipinski definition) is 1. The summed E-state index contributed by atoms with van der Waals surface area (Å²) in [5.41, 5.74) is 0.647. The Hall–Kier alpha value is -1.46. The van der Waals surface area contributed by atoms with Crippen molar-refractivity contribution in [1.82, 2.24) is 10.2 Å². The second-order valence-corrected chi connectivity index (χ2v) is 5.67. The molecular weight excluding hydrogens is 316 g/mol. The Balaban J connectivity index is 0.00000264. The van der Waals surface area contributed by atoms with Gasteiger partial charge in [-0.15, -0.1) is 12.4 Å². The van der Waals surface area contributed by atoms with E-state index in [0.717, 1.165) is 32.5 Å². The minimum absolute atomic E-state index is 0. The molecule has 0 aliphatic carbocycles. The molecule has 1 amide bonds. The highest BCUT2D eigenvalue weighted by Gasteiger charge is 2.22. The minimum Gasteiger partial charge on any atom is -0.493 e. The Morgan fingerprint density at radius 3 is 2.83 bits per heavy atom. The lowest BCUT2D eigenvalue weighted by atomic mass is 10.1. The van der Waals surface area contributed by atoms with Crippen LogP contribution in [0.15, 0.2) is 18.2 Å². The van der Waals surface area contributed by atoms with Crippen LogP contribution < -0.4 is 14.8 Å². The first-order valence-electron chi connectivity index (χ1n) is 7.99. The monoisotopic (exact) mass is 342 g/mol. The van der Waals surface area contributed by atoms with E-state index in [4.69, 9.17) is 9.47 Å². The lowest BCUT2D eigenvalue weighted by molar-refractivity contribution is 0.0708. The Kier molecular flexibility index (Phi) is 8.20. The molecular formula is C17H27ClN2O3. The van der Waals surface area contributed by atoms with Gasteiger partial charge >= 0.3 is 0 Å². The number of carbonyl (C=O) groups excluding carboxylic acids is 1. The fourth-order valence-electron chi connectivity index (χ4n) is 2.55. The zero-order valence-corrected chi connectivity index (χ0v) is 14.9. The molecule has 0 spiro atoms. The molecule has 0 aromatic heterocycles. The number of nitrogens with zero attached hydrogens (tertiary/aromatic N) is 1. The van der Waals surface area contributed by atoms with Gasteiger partial charge in [0.25, 0.3) is 5.91 Å². The van der Waals surface area contributed by atoms with Crippen LogP contribution in [0.3, 0.4) is 0 Å². The summed E-state index contributed by atoms with van der Waals surface area (Å²) in [6.07, 6.45) is 2.09. The normalized spacial score (nSPS) is 17.3. The Labute approximate surface area is 144 Å². The first kappa shape index (κ1) is 19.6. The maximum Gasteiger partial charge on any atom is 0.254 e. The number of methoxy groups -OCH3 is 1. The topological polar surface area (TPSA) is 50.8 Å². The molecule has 1 aliphatic rings. The molecule has 1 aliphatic heterocycles. The second kappa shape index (κ2) is 9.63. The predicted molar refractivity (Wildman–Crippen MR) is 94.0 cm³/mol. The van der Waals surface area contributed by atoms with Crippen LogP contribution in [0.5, 0.6) is 11.5 Å². The van der Waals surface area contributed by atoms with E-state index in [1.54, 1.807) is 13.2 Å². The van der Waals surface area contributed by atoms with Gasteiger partial charge < -0.3 is 19.7 Å². The van der Waals surface area contributed by atoms with Crippen molar-refractivity contribution >= 4 is 18.3 Å². The first-order valence-corrected chi connectivity index (χ1v) is 7.99. The van der Waals surface area contributed by atoms with Crippen molar-refractivity contribution in [2.45, 2.75) is 32.7 Å². The highest BCUT2D eigenvalue weighted by molar-refractivity contribution is 5.95. The van der Waals surface area contributed by atoms with Crippen LogP contribution in [0.1, 0.15) is 37.0 Å². The summed E-state index contributed by atoms with van der Waals surface area (Å²) in [4.78, 5) is 14.5. The third-order valence-corrected chi connectivity index (χ3v) is 3.82. The van der Waals surface area contributed by atoms with Gasteiger partial charge in [0.15, 0.2) is 11.5 Å². The van der Waals surface area contributed by atoms with Crippen LogP contribution in [0.4, 0.5) is 0 Å². The van der Waals surface area contributed by atoms with Crippen LogP contribution >= 0.6 is 12.4 Å². The summed E-state index contributed by atoms with van der Waals surface area (Å²) in [7, 11) is 1.60. The molecule has 1 aromatic carbocycles. The highest BCUT2D eigenvalue weighted by atomic mass is 35.5. The van der Waals surface area contributed by atoms with Crippen molar-refractivity contribution in [1.29, 1.82) is 0 Å². The maximum absolute atomic E-state index is 12.6. The van der Waals surface area contributed by atoms with Crippen molar-refractivity contribution in [3.05, 3.63) is 23.8 Å². The van der Waals surface area contributed by atoms with Crippen molar-refractivity contribution < 1.29 is 14.3 Å². The molecule has 1 atom stereocenters. The van der Waals surface area contributed by atoms with Crippen molar-refractivity contribution in [3.63, 3.8) is 0 Å². The number of nitrogens with one attached hydrogen (secondary N) is 1. The fourth-order valence-corrected chi connectivity index (χ4v) is 2.55. The second-order valence-electron chi connectivity index (χ2n) is 5.67. The van der Waals surface area contributed by atoms with E-state index in [2.05, 4.69) is 19.2 Å². The van der Waals surface area contributed by atoms with Gasteiger partial charge in [-0.25, -0.2) is 0 Å². The molecule has 0 saturated carbocycles. The molecule has 1 aromatic rings. The number of ether oxygens (including phenoxy) is 2. The van der Waals surface area contributed by atoms with Crippen molar-refractivity contribution in [2.75, 3.05) is 33.4 Å². The average Bonchev–Trinajstić information content (AvgIpc) is 2.54. The number of rotatable bonds is 6. The quantitative estimate of drug-likeness (QED) is 0.808. The molecule has 23 heavy (non-hydrogen) atoms. The van der Waals surface area contributed by atoms with E-state index >= 15 is 0 Å². The predicted octanol–water partition coefficient (Wildman–Crippen LogP) is 2.73. The third-order valence-electron chi connectivity index (χ3n) is 3.82. The van der Waals surface area contributed by atoms with Crippen molar-refractivity contribution in [3.8, 4) is 11.5 Å². The number of halogens is 1. The molecule has 1 unspecified atom stereocenters. The summed E-state index contributed by atoms with van der Waals surface area (Å²) in [6, 6.07) is 5.75. The van der Waals surface area contributed by atoms with Gasteiger partial charge in [0, 0.05) is 31.2 Å². The zero-order valence-electron chi connectivity index (χ0n) is 14.1. The minimum atomic E-state index is 0. The molecule has 0 bridgehead atoms. The smallest absolute Gasteiger partial charge is 0.254 e. The van der Waals surface area contributed by atoms with Crippen LogP contribution in [0.2, 0.25) is 0 Å². The third kappa shape index (κ3) is 5.29. The largest absolute Gasteiger partial charge is 0.493 e. The van der Waals surface area contributed by atoms with Gasteiger partial charge in [-0.2, -0.15) is 0 Å². The Bertz CT molecular complexity index is 511. The molecule has 1 fully saturated rings. The molecule has 1 saturated heterocycles. The molecule has 130 valence electrons. The van der Waals surface area contributed by atoms with Gasteiger partial charge in [-0.1, -0.05) is 13.3 Å². The van der Waals surface area contributed by atoms with E-state index in [-0.39, 0.29) is 18.3 Å². The van der Waals surface area contributed by atoms with Gasteiger partial charge in [-0.05, 0) is 31.5 Å². The summed E-state index contributed by atoms with van der Waals surface area (Å²) in [5, 5.41) is 3.34. The number of unbranched alkanes of at least 4 members (excludes halogenated alkanes) is 1. The fraction of sp³-hybridized carbons (Fsp3) is 0.588. The lowest BCUT2D eigenvalue weighted by Crippen LogP contribution is -2.51. The molecule has 0 radical (unpaired) electrons. The highest BCUT2D eigenvalue weighted by Crippen LogP contribution is 2.29. The van der Waals surface area contributed by atoms with Gasteiger partial charge in [-0.3, -0.25) is 4.79 Å². The van der Waals surface area contributed by atoms with Gasteiger partial charge in [0.1, 0.15) is 0 Å². The van der Waals surface area contributed by atoms with Crippen LogP contribution in [0, 0.1) is 0 Å². The van der Waals surface area contributed by atoms with Gasteiger partial charge in [0.05, 0.1) is 13.7 Å². The van der Waals surface area contributed by atoms with E-state index in [0.29, 0.717) is 29.7 Å². The van der Waals surface area contributed by atoms with E-state index in [1.807, 2.05) is 17.0 Å². The number of hydrogen-bond acceptors (Lipinski definition) is 4. The molecule has 1 heterocycles. The van der Waals surface area contributed by atoms with E-state index < -0.39 is 0 Å². The summed E-state index contributed by atoms with van der Waals surface area (Å²) < 4.78 is 11.1. The summed E-state index contributed by atoms with van der Waals surface area (Å²) >= 11 is 0. The Morgan fingerprint density at radius 2 is 2.17 bits per heavy atom. The molecule has 5 nitrogen and oxygen atoms in total. The number of benzene rings is 1. The molecule has 1 N–H and O–H groups in total. The standard InChI is InChI=1S/C17H26N2O3.ClH/c1-4-5-10-22-15-7-6-14(11-16(15)21-3)17(20)19-9-8-18-13(2)12-19;/h6-7,11,13,18H,4-5,8-10,12H2,1-3H3;1H. The molecule has 2 rings (SSSR count). The SMILES string of the molecule is CCCCOc1ccc(C(=O)N2CCNC(C)C2)cc1OC.Cl. The maximum atomic E-state index is 12.6. The van der Waals surface area contributed by atoms with Gasteiger partial charge in [0.2, 0.25) is 0 Å². The van der Waals surface area contributed by atoms with Crippen molar-refractivity contribution in [2.24, 2.45) is 0 Å². The van der Waals surface area contributed by atoms with E-state index in [1.165, 1.54) is 0 Å². The summed E-state index contributed by atoms with van der Waals surface area (Å²) in [5.74, 6) is 1.36. The number of piperazine rings is 1. The molecule has 6 heteroatoms. The van der Waals surface area contributed by atoms with Crippen LogP contribution in [-0.4, -0.2) is 50.2 Å². The van der Waals surface area contributed by atoms with E-state index in [9.17, 15) is 4.79 Å². The number of carbonyl (C=O) groups is 1. The van der Waals surface area contributed by atoms with Crippen LogP contribution in [0.25, 0.3) is 0 Å². The lowest BCUT2D eigenvalue weighted by Gasteiger charge is -2.32. The zero-order chi connectivity index (χ0) is 15.9.